The fourth-order valence-electron chi connectivity index (χ4n) is 3.47. The van der Waals surface area contributed by atoms with Crippen LogP contribution in [-0.4, -0.2) is 29.9 Å². The van der Waals surface area contributed by atoms with Crippen LogP contribution >= 0.6 is 0 Å². The van der Waals surface area contributed by atoms with Gasteiger partial charge in [0.25, 0.3) is 5.91 Å². The minimum absolute atomic E-state index is 0.00178. The summed E-state index contributed by atoms with van der Waals surface area (Å²) >= 11 is 0. The Hall–Kier alpha value is -2.13. The number of hydrogen-bond acceptors (Lipinski definition) is 2. The average molecular weight is 322 g/mol. The Morgan fingerprint density at radius 3 is 2.21 bits per heavy atom. The van der Waals surface area contributed by atoms with E-state index in [1.54, 1.807) is 0 Å². The van der Waals surface area contributed by atoms with Gasteiger partial charge in [0, 0.05) is 11.6 Å². The lowest BCUT2D eigenvalue weighted by molar-refractivity contribution is 0.0926. The van der Waals surface area contributed by atoms with Gasteiger partial charge in [-0.1, -0.05) is 48.5 Å². The lowest BCUT2D eigenvalue weighted by atomic mass is 9.98. The van der Waals surface area contributed by atoms with Crippen LogP contribution in [0.25, 0.3) is 0 Å². The lowest BCUT2D eigenvalue weighted by Crippen LogP contribution is -2.36. The molecule has 1 saturated heterocycles. The Morgan fingerprint density at radius 1 is 1.00 bits per heavy atom. The molecule has 3 rings (SSSR count). The van der Waals surface area contributed by atoms with Gasteiger partial charge in [-0.2, -0.15) is 0 Å². The summed E-state index contributed by atoms with van der Waals surface area (Å²) < 4.78 is 0. The molecular formula is C21H26N2O. The second-order valence-electron chi connectivity index (χ2n) is 6.63. The zero-order chi connectivity index (χ0) is 16.8. The second kappa shape index (κ2) is 8.11. The lowest BCUT2D eigenvalue weighted by Gasteiger charge is -2.29. The third-order valence-electron chi connectivity index (χ3n) is 4.88. The third kappa shape index (κ3) is 4.24. The number of amides is 1. The fraction of sp³-hybridized carbons (Fsp3) is 0.381. The van der Waals surface area contributed by atoms with Crippen LogP contribution in [0.5, 0.6) is 0 Å². The van der Waals surface area contributed by atoms with Crippen molar-refractivity contribution in [2.75, 3.05) is 13.1 Å². The first-order valence-electron chi connectivity index (χ1n) is 8.89. The first-order chi connectivity index (χ1) is 11.7. The van der Waals surface area contributed by atoms with Crippen LogP contribution in [-0.2, 0) is 0 Å². The maximum absolute atomic E-state index is 12.6. The number of hydrogen-bond donors (Lipinski definition) is 1. The molecule has 3 nitrogen and oxygen atoms in total. The summed E-state index contributed by atoms with van der Waals surface area (Å²) in [7, 11) is 0. The minimum atomic E-state index is -0.00178. The Balaban J connectivity index is 1.73. The maximum atomic E-state index is 12.6. The maximum Gasteiger partial charge on any atom is 0.251 e. The Morgan fingerprint density at radius 2 is 1.58 bits per heavy atom. The highest BCUT2D eigenvalue weighted by molar-refractivity contribution is 5.94. The van der Waals surface area contributed by atoms with Gasteiger partial charge >= 0.3 is 0 Å². The summed E-state index contributed by atoms with van der Waals surface area (Å²) in [6, 6.07) is 20.3. The van der Waals surface area contributed by atoms with Crippen LogP contribution in [0, 0.1) is 0 Å². The fourth-order valence-corrected chi connectivity index (χ4v) is 3.47. The van der Waals surface area contributed by atoms with Crippen molar-refractivity contribution in [3.63, 3.8) is 0 Å². The van der Waals surface area contributed by atoms with Crippen molar-refractivity contribution in [1.29, 1.82) is 0 Å². The van der Waals surface area contributed by atoms with E-state index in [-0.39, 0.29) is 11.9 Å². The summed E-state index contributed by atoms with van der Waals surface area (Å²) in [6.07, 6.45) is 3.51. The van der Waals surface area contributed by atoms with Crippen molar-refractivity contribution < 1.29 is 4.79 Å². The molecule has 3 heteroatoms. The molecule has 0 bridgehead atoms. The molecule has 2 aromatic rings. The number of carbonyl (C=O) groups excluding carboxylic acids is 1. The number of nitrogens with zero attached hydrogens (tertiary/aromatic N) is 1. The highest BCUT2D eigenvalue weighted by atomic mass is 16.1. The predicted molar refractivity (Wildman–Crippen MR) is 98.0 cm³/mol. The van der Waals surface area contributed by atoms with Gasteiger partial charge < -0.3 is 10.2 Å². The van der Waals surface area contributed by atoms with E-state index in [0.717, 1.165) is 6.42 Å². The predicted octanol–water partition coefficient (Wildman–Crippen LogP) is 4.03. The summed E-state index contributed by atoms with van der Waals surface area (Å²) in [5, 5.41) is 3.24. The van der Waals surface area contributed by atoms with E-state index in [2.05, 4.69) is 29.3 Å². The van der Waals surface area contributed by atoms with Crippen molar-refractivity contribution >= 4 is 5.91 Å². The Labute approximate surface area is 144 Å². The molecule has 1 N–H and O–H groups in total. The van der Waals surface area contributed by atoms with Crippen molar-refractivity contribution in [3.8, 4) is 0 Å². The SMILES string of the molecule is CC(CC(NC(=O)c1ccccc1)c1ccccc1)N1CCCC1. The number of likely N-dealkylation sites (tertiary alicyclic amines) is 1. The molecule has 0 aliphatic carbocycles. The van der Waals surface area contributed by atoms with Gasteiger partial charge in [-0.3, -0.25) is 4.79 Å². The van der Waals surface area contributed by atoms with Gasteiger partial charge in [-0.15, -0.1) is 0 Å². The zero-order valence-electron chi connectivity index (χ0n) is 14.3. The average Bonchev–Trinajstić information content (AvgIpc) is 3.17. The summed E-state index contributed by atoms with van der Waals surface area (Å²) in [5.74, 6) is -0.00178. The van der Waals surface area contributed by atoms with E-state index in [9.17, 15) is 4.79 Å². The highest BCUT2D eigenvalue weighted by Gasteiger charge is 2.23. The molecule has 1 heterocycles. The molecule has 1 fully saturated rings. The number of benzene rings is 2. The molecule has 0 spiro atoms. The van der Waals surface area contributed by atoms with E-state index in [1.807, 2.05) is 48.5 Å². The number of carbonyl (C=O) groups is 1. The molecule has 126 valence electrons. The summed E-state index contributed by atoms with van der Waals surface area (Å²) in [4.78, 5) is 15.1. The molecule has 2 atom stereocenters. The van der Waals surface area contributed by atoms with E-state index in [0.29, 0.717) is 11.6 Å². The van der Waals surface area contributed by atoms with Crippen molar-refractivity contribution in [1.82, 2.24) is 10.2 Å². The van der Waals surface area contributed by atoms with Crippen LogP contribution in [0.15, 0.2) is 60.7 Å². The van der Waals surface area contributed by atoms with E-state index < -0.39 is 0 Å². The van der Waals surface area contributed by atoms with Gasteiger partial charge in [-0.25, -0.2) is 0 Å². The second-order valence-corrected chi connectivity index (χ2v) is 6.63. The van der Waals surface area contributed by atoms with Gasteiger partial charge in [0.15, 0.2) is 0 Å². The van der Waals surface area contributed by atoms with Crippen LogP contribution in [0.3, 0.4) is 0 Å². The van der Waals surface area contributed by atoms with Gasteiger partial charge in [-0.05, 0) is 57.0 Å². The number of rotatable bonds is 6. The van der Waals surface area contributed by atoms with Gasteiger partial charge in [0.05, 0.1) is 6.04 Å². The molecule has 2 unspecified atom stereocenters. The molecule has 24 heavy (non-hydrogen) atoms. The smallest absolute Gasteiger partial charge is 0.251 e. The standard InChI is InChI=1S/C21H26N2O/c1-17(23-14-8-9-15-23)16-20(18-10-4-2-5-11-18)22-21(24)19-12-6-3-7-13-19/h2-7,10-13,17,20H,8-9,14-16H2,1H3,(H,22,24). The first kappa shape index (κ1) is 16.7. The van der Waals surface area contributed by atoms with Crippen LogP contribution in [0.2, 0.25) is 0 Å². The molecule has 2 aromatic carbocycles. The van der Waals surface area contributed by atoms with Crippen LogP contribution in [0.4, 0.5) is 0 Å². The van der Waals surface area contributed by atoms with Gasteiger partial charge in [0.1, 0.15) is 0 Å². The third-order valence-corrected chi connectivity index (χ3v) is 4.88. The topological polar surface area (TPSA) is 32.3 Å². The molecule has 0 saturated carbocycles. The van der Waals surface area contributed by atoms with Crippen molar-refractivity contribution in [2.45, 2.75) is 38.3 Å². The van der Waals surface area contributed by atoms with Crippen molar-refractivity contribution in [2.24, 2.45) is 0 Å². The largest absolute Gasteiger partial charge is 0.345 e. The molecule has 1 aliphatic rings. The van der Waals surface area contributed by atoms with E-state index in [4.69, 9.17) is 0 Å². The first-order valence-corrected chi connectivity index (χ1v) is 8.89. The van der Waals surface area contributed by atoms with Gasteiger partial charge in [0.2, 0.25) is 0 Å². The normalized spacial score (nSPS) is 17.4. The van der Waals surface area contributed by atoms with Crippen molar-refractivity contribution in [3.05, 3.63) is 71.8 Å². The minimum Gasteiger partial charge on any atom is -0.345 e. The monoisotopic (exact) mass is 322 g/mol. The van der Waals surface area contributed by atoms with Crippen LogP contribution in [0.1, 0.15) is 48.1 Å². The molecule has 1 aliphatic heterocycles. The zero-order valence-corrected chi connectivity index (χ0v) is 14.3. The Bertz CT molecular complexity index is 635. The van der Waals surface area contributed by atoms with E-state index in [1.165, 1.54) is 31.5 Å². The quantitative estimate of drug-likeness (QED) is 0.871. The molecular weight excluding hydrogens is 296 g/mol. The molecule has 0 radical (unpaired) electrons. The number of nitrogens with one attached hydrogen (secondary N) is 1. The Kier molecular flexibility index (Phi) is 5.65. The van der Waals surface area contributed by atoms with Crippen LogP contribution < -0.4 is 5.32 Å². The molecule has 1 amide bonds. The van der Waals surface area contributed by atoms with E-state index >= 15 is 0 Å². The summed E-state index contributed by atoms with van der Waals surface area (Å²) in [5.41, 5.74) is 1.89. The summed E-state index contributed by atoms with van der Waals surface area (Å²) in [6.45, 7) is 4.63. The molecule has 0 aromatic heterocycles. The highest BCUT2D eigenvalue weighted by Crippen LogP contribution is 2.23.